The van der Waals surface area contributed by atoms with E-state index in [-0.39, 0.29) is 0 Å². The van der Waals surface area contributed by atoms with E-state index in [1.54, 1.807) is 6.20 Å². The molecule has 2 aromatic carbocycles. The summed E-state index contributed by atoms with van der Waals surface area (Å²) in [5.41, 5.74) is 4.77. The normalized spacial score (nSPS) is 14.1. The van der Waals surface area contributed by atoms with Crippen molar-refractivity contribution in [1.29, 1.82) is 0 Å². The van der Waals surface area contributed by atoms with Crippen LogP contribution in [0.25, 0.3) is 6.08 Å². The highest BCUT2D eigenvalue weighted by molar-refractivity contribution is 5.73. The maximum Gasteiger partial charge on any atom is 0.323 e. The van der Waals surface area contributed by atoms with Crippen LogP contribution in [0.4, 0.5) is 0 Å². The Morgan fingerprint density at radius 1 is 1.14 bits per heavy atom. The molecule has 0 radical (unpaired) electrons. The molecule has 1 aliphatic heterocycles. The van der Waals surface area contributed by atoms with Crippen LogP contribution in [0.2, 0.25) is 0 Å². The van der Waals surface area contributed by atoms with E-state index in [0.717, 1.165) is 11.1 Å². The third-order valence-corrected chi connectivity index (χ3v) is 3.37. The van der Waals surface area contributed by atoms with Gasteiger partial charge >= 0.3 is 5.97 Å². The average Bonchev–Trinajstić information content (AvgIpc) is 2.55. The number of hydrogen-bond donors (Lipinski definition) is 2. The van der Waals surface area contributed by atoms with Gasteiger partial charge in [0.1, 0.15) is 6.04 Å². The van der Waals surface area contributed by atoms with Crippen molar-refractivity contribution in [3.05, 3.63) is 71.9 Å². The molecule has 0 bridgehead atoms. The van der Waals surface area contributed by atoms with Crippen LogP contribution < -0.4 is 10.3 Å². The van der Waals surface area contributed by atoms with Gasteiger partial charge in [0.2, 0.25) is 0 Å². The van der Waals surface area contributed by atoms with Crippen molar-refractivity contribution >= 4 is 12.0 Å². The number of carbonyl (C=O) groups is 1. The number of nitrogens with one attached hydrogen (secondary N) is 1. The van der Waals surface area contributed by atoms with E-state index in [1.807, 2.05) is 60.7 Å². The third-order valence-electron chi connectivity index (χ3n) is 3.37. The van der Waals surface area contributed by atoms with Crippen molar-refractivity contribution in [3.8, 4) is 5.75 Å². The lowest BCUT2D eigenvalue weighted by molar-refractivity contribution is -0.146. The quantitative estimate of drug-likeness (QED) is 0.887. The fourth-order valence-corrected chi connectivity index (χ4v) is 2.25. The number of benzene rings is 2. The SMILES string of the molecule is O=C(O)[C@H](Cc1ccccc1)NN1C=Cc2ccccc2O1. The molecule has 22 heavy (non-hydrogen) atoms. The average molecular weight is 296 g/mol. The van der Waals surface area contributed by atoms with E-state index in [0.29, 0.717) is 12.2 Å². The van der Waals surface area contributed by atoms with Crippen molar-refractivity contribution < 1.29 is 14.7 Å². The summed E-state index contributed by atoms with van der Waals surface area (Å²) < 4.78 is 0. The number of hydroxylamine groups is 1. The molecule has 112 valence electrons. The number of fused-ring (bicyclic) bond motifs is 1. The molecule has 5 nitrogen and oxygen atoms in total. The summed E-state index contributed by atoms with van der Waals surface area (Å²) in [4.78, 5) is 17.1. The van der Waals surface area contributed by atoms with Crippen LogP contribution in [0.3, 0.4) is 0 Å². The lowest BCUT2D eigenvalue weighted by Crippen LogP contribution is -2.49. The maximum atomic E-state index is 11.5. The predicted octanol–water partition coefficient (Wildman–Crippen LogP) is 2.47. The van der Waals surface area contributed by atoms with Crippen LogP contribution >= 0.6 is 0 Å². The summed E-state index contributed by atoms with van der Waals surface area (Å²) in [5.74, 6) is -0.249. The number of carboxylic acids is 1. The van der Waals surface area contributed by atoms with Crippen molar-refractivity contribution in [2.75, 3.05) is 0 Å². The largest absolute Gasteiger partial charge is 0.480 e. The summed E-state index contributed by atoms with van der Waals surface area (Å²) in [6.45, 7) is 0. The van der Waals surface area contributed by atoms with Gasteiger partial charge in [-0.05, 0) is 17.7 Å². The van der Waals surface area contributed by atoms with Crippen molar-refractivity contribution in [2.24, 2.45) is 0 Å². The molecule has 0 fully saturated rings. The fraction of sp³-hybridized carbons (Fsp3) is 0.118. The molecule has 2 N–H and O–H groups in total. The Morgan fingerprint density at radius 3 is 2.64 bits per heavy atom. The molecule has 5 heteroatoms. The number of nitrogens with zero attached hydrogens (tertiary/aromatic N) is 1. The topological polar surface area (TPSA) is 61.8 Å². The van der Waals surface area contributed by atoms with Crippen LogP contribution in [0.5, 0.6) is 5.75 Å². The van der Waals surface area contributed by atoms with Crippen LogP contribution in [0.15, 0.2) is 60.8 Å². The Hall–Kier alpha value is -2.79. The van der Waals surface area contributed by atoms with Crippen LogP contribution in [-0.4, -0.2) is 22.3 Å². The maximum absolute atomic E-state index is 11.5. The first-order chi connectivity index (χ1) is 10.7. The zero-order valence-corrected chi connectivity index (χ0v) is 11.8. The highest BCUT2D eigenvalue weighted by atomic mass is 16.7. The number of para-hydroxylation sites is 1. The summed E-state index contributed by atoms with van der Waals surface area (Å²) in [6.07, 6.45) is 3.90. The van der Waals surface area contributed by atoms with Gasteiger partial charge in [-0.15, -0.1) is 5.17 Å². The monoisotopic (exact) mass is 296 g/mol. The first-order valence-corrected chi connectivity index (χ1v) is 7.00. The zero-order valence-electron chi connectivity index (χ0n) is 11.8. The minimum absolute atomic E-state index is 0.367. The van der Waals surface area contributed by atoms with E-state index in [1.165, 1.54) is 5.17 Å². The second kappa shape index (κ2) is 6.32. The summed E-state index contributed by atoms with van der Waals surface area (Å²) >= 11 is 0. The minimum atomic E-state index is -0.931. The number of hydrazine groups is 1. The van der Waals surface area contributed by atoms with Crippen LogP contribution in [-0.2, 0) is 11.2 Å². The van der Waals surface area contributed by atoms with Crippen LogP contribution in [0, 0.1) is 0 Å². The number of aliphatic carboxylic acids is 1. The van der Waals surface area contributed by atoms with E-state index < -0.39 is 12.0 Å². The zero-order chi connectivity index (χ0) is 15.4. The molecule has 0 amide bonds. The van der Waals surface area contributed by atoms with E-state index in [2.05, 4.69) is 5.43 Å². The molecule has 0 unspecified atom stereocenters. The molecule has 1 atom stereocenters. The van der Waals surface area contributed by atoms with Gasteiger partial charge in [-0.1, -0.05) is 48.5 Å². The molecule has 0 saturated heterocycles. The van der Waals surface area contributed by atoms with Gasteiger partial charge < -0.3 is 9.94 Å². The summed E-state index contributed by atoms with van der Waals surface area (Å²) in [6, 6.07) is 16.3. The standard InChI is InChI=1S/C17H16N2O3/c20-17(21)15(12-13-6-2-1-3-7-13)18-19-11-10-14-8-4-5-9-16(14)22-19/h1-11,15,18H,12H2,(H,20,21)/t15-/m0/s1. The Bertz CT molecular complexity index is 685. The molecule has 0 aromatic heterocycles. The third kappa shape index (κ3) is 3.27. The molecular formula is C17H16N2O3. The lowest BCUT2D eigenvalue weighted by atomic mass is 10.1. The van der Waals surface area contributed by atoms with E-state index >= 15 is 0 Å². The van der Waals surface area contributed by atoms with Gasteiger partial charge in [0, 0.05) is 12.0 Å². The Balaban J connectivity index is 1.69. The number of carboxylic acid groups (broad SMARTS) is 1. The van der Waals surface area contributed by atoms with Gasteiger partial charge in [-0.25, -0.2) is 0 Å². The molecule has 0 aliphatic carbocycles. The van der Waals surface area contributed by atoms with Crippen molar-refractivity contribution in [2.45, 2.75) is 12.5 Å². The van der Waals surface area contributed by atoms with Gasteiger partial charge in [-0.3, -0.25) is 4.79 Å². The fourth-order valence-electron chi connectivity index (χ4n) is 2.25. The number of hydrogen-bond acceptors (Lipinski definition) is 4. The number of rotatable bonds is 5. The molecule has 1 heterocycles. The molecular weight excluding hydrogens is 280 g/mol. The highest BCUT2D eigenvalue weighted by Crippen LogP contribution is 2.24. The first kappa shape index (κ1) is 14.2. The first-order valence-electron chi connectivity index (χ1n) is 7.00. The minimum Gasteiger partial charge on any atom is -0.480 e. The Labute approximate surface area is 128 Å². The van der Waals surface area contributed by atoms with Gasteiger partial charge in [0.05, 0.1) is 6.20 Å². The molecule has 2 aromatic rings. The molecule has 3 rings (SSSR count). The van der Waals surface area contributed by atoms with Gasteiger partial charge in [-0.2, -0.15) is 5.43 Å². The van der Waals surface area contributed by atoms with Crippen LogP contribution in [0.1, 0.15) is 11.1 Å². The van der Waals surface area contributed by atoms with Gasteiger partial charge in [0.15, 0.2) is 5.75 Å². The van der Waals surface area contributed by atoms with Crippen molar-refractivity contribution in [1.82, 2.24) is 10.6 Å². The Kier molecular flexibility index (Phi) is 4.07. The highest BCUT2D eigenvalue weighted by Gasteiger charge is 2.22. The smallest absolute Gasteiger partial charge is 0.323 e. The second-order valence-electron chi connectivity index (χ2n) is 4.98. The Morgan fingerprint density at radius 2 is 1.86 bits per heavy atom. The molecule has 0 saturated carbocycles. The van der Waals surface area contributed by atoms with Crippen molar-refractivity contribution in [3.63, 3.8) is 0 Å². The van der Waals surface area contributed by atoms with Gasteiger partial charge in [0.25, 0.3) is 0 Å². The molecule has 1 aliphatic rings. The lowest BCUT2D eigenvalue weighted by Gasteiger charge is -2.28. The van der Waals surface area contributed by atoms with E-state index in [4.69, 9.17) is 4.84 Å². The predicted molar refractivity (Wildman–Crippen MR) is 82.6 cm³/mol. The van der Waals surface area contributed by atoms with E-state index in [9.17, 15) is 9.90 Å². The second-order valence-corrected chi connectivity index (χ2v) is 4.98. The summed E-state index contributed by atoms with van der Waals surface area (Å²) in [7, 11) is 0. The molecule has 0 spiro atoms. The summed E-state index contributed by atoms with van der Waals surface area (Å²) in [5, 5.41) is 10.7.